The lowest BCUT2D eigenvalue weighted by Gasteiger charge is -2.26. The van der Waals surface area contributed by atoms with Crippen LogP contribution in [0.4, 0.5) is 5.69 Å². The molecule has 1 amide bonds. The monoisotopic (exact) mass is 332 g/mol. The normalized spacial score (nSPS) is 13.5. The van der Waals surface area contributed by atoms with Gasteiger partial charge in [-0.2, -0.15) is 0 Å². The summed E-state index contributed by atoms with van der Waals surface area (Å²) >= 11 is 1.71. The first-order chi connectivity index (χ1) is 11.0. The van der Waals surface area contributed by atoms with Crippen LogP contribution in [-0.2, 0) is 17.8 Å². The van der Waals surface area contributed by atoms with Crippen LogP contribution in [0.2, 0.25) is 0 Å². The van der Waals surface area contributed by atoms with E-state index in [0.29, 0.717) is 13.1 Å². The van der Waals surface area contributed by atoms with Crippen LogP contribution < -0.4 is 4.74 Å². The van der Waals surface area contributed by atoms with E-state index in [1.165, 1.54) is 22.6 Å². The number of ether oxygens (including phenoxy) is 1. The summed E-state index contributed by atoms with van der Waals surface area (Å²) in [5.41, 5.74) is 1.84. The van der Waals surface area contributed by atoms with Crippen molar-refractivity contribution >= 4 is 22.9 Å². The van der Waals surface area contributed by atoms with Crippen molar-refractivity contribution in [2.75, 3.05) is 13.2 Å². The Morgan fingerprint density at radius 3 is 3.04 bits per heavy atom. The number of hydrogen-bond donors (Lipinski definition) is 0. The molecule has 0 saturated carbocycles. The Bertz CT molecular complexity index is 756. The van der Waals surface area contributed by atoms with Crippen molar-refractivity contribution in [2.24, 2.45) is 0 Å². The number of benzene rings is 1. The molecule has 23 heavy (non-hydrogen) atoms. The number of aryl methyl sites for hydroxylation is 1. The summed E-state index contributed by atoms with van der Waals surface area (Å²) in [6, 6.07) is 6.74. The average molecular weight is 332 g/mol. The number of carbonyl (C=O) groups excluding carboxylic acids is 1. The van der Waals surface area contributed by atoms with Gasteiger partial charge in [0.2, 0.25) is 0 Å². The van der Waals surface area contributed by atoms with Crippen LogP contribution in [0, 0.1) is 17.0 Å². The molecule has 0 radical (unpaired) electrons. The molecule has 1 aromatic carbocycles. The molecule has 1 aliphatic heterocycles. The van der Waals surface area contributed by atoms with E-state index in [0.717, 1.165) is 12.0 Å². The van der Waals surface area contributed by atoms with E-state index < -0.39 is 4.92 Å². The second-order valence-corrected chi connectivity index (χ2v) is 6.45. The number of thiophene rings is 1. The van der Waals surface area contributed by atoms with Crippen molar-refractivity contribution in [3.05, 3.63) is 55.8 Å². The van der Waals surface area contributed by atoms with Gasteiger partial charge in [-0.3, -0.25) is 14.9 Å². The van der Waals surface area contributed by atoms with Crippen molar-refractivity contribution in [2.45, 2.75) is 19.9 Å². The van der Waals surface area contributed by atoms with E-state index in [9.17, 15) is 14.9 Å². The summed E-state index contributed by atoms with van der Waals surface area (Å²) in [6.45, 7) is 2.82. The SMILES string of the molecule is Cc1ccc(OCC(=O)N2CCc3sccc3C2)c([N+](=O)[O-])c1. The Labute approximate surface area is 137 Å². The fraction of sp³-hybridized carbons (Fsp3) is 0.312. The molecule has 1 aromatic heterocycles. The lowest BCUT2D eigenvalue weighted by molar-refractivity contribution is -0.385. The van der Waals surface area contributed by atoms with E-state index in [2.05, 4.69) is 0 Å². The number of nitro groups is 1. The number of rotatable bonds is 4. The highest BCUT2D eigenvalue weighted by molar-refractivity contribution is 7.10. The molecule has 1 aliphatic rings. The van der Waals surface area contributed by atoms with Crippen LogP contribution in [0.15, 0.2) is 29.6 Å². The standard InChI is InChI=1S/C16H16N2O4S/c1-11-2-3-14(13(8-11)18(20)21)22-10-16(19)17-6-4-15-12(9-17)5-7-23-15/h2-3,5,7-8H,4,6,9-10H2,1H3. The largest absolute Gasteiger partial charge is 0.477 e. The summed E-state index contributed by atoms with van der Waals surface area (Å²) in [6.07, 6.45) is 0.851. The minimum absolute atomic E-state index is 0.114. The second kappa shape index (κ2) is 6.37. The lowest BCUT2D eigenvalue weighted by Crippen LogP contribution is -2.38. The maximum atomic E-state index is 12.3. The average Bonchev–Trinajstić information content (AvgIpc) is 3.00. The van der Waals surface area contributed by atoms with Crippen LogP contribution in [-0.4, -0.2) is 28.9 Å². The number of nitrogens with zero attached hydrogens (tertiary/aromatic N) is 2. The Hall–Kier alpha value is -2.41. The quantitative estimate of drug-likeness (QED) is 0.637. The molecule has 0 saturated heterocycles. The van der Waals surface area contributed by atoms with Gasteiger partial charge in [0.15, 0.2) is 12.4 Å². The van der Waals surface area contributed by atoms with E-state index in [1.807, 2.05) is 11.4 Å². The third-order valence-electron chi connectivity index (χ3n) is 3.82. The molecular formula is C16H16N2O4S. The van der Waals surface area contributed by atoms with Gasteiger partial charge in [0.05, 0.1) is 4.92 Å². The molecule has 2 aromatic rings. The number of hydrogen-bond acceptors (Lipinski definition) is 5. The van der Waals surface area contributed by atoms with Crippen molar-refractivity contribution < 1.29 is 14.5 Å². The molecule has 0 atom stereocenters. The zero-order valence-electron chi connectivity index (χ0n) is 12.7. The summed E-state index contributed by atoms with van der Waals surface area (Å²) in [4.78, 5) is 25.9. The van der Waals surface area contributed by atoms with Crippen LogP contribution in [0.1, 0.15) is 16.0 Å². The third kappa shape index (κ3) is 3.34. The van der Waals surface area contributed by atoms with Gasteiger partial charge >= 0.3 is 5.69 Å². The summed E-state index contributed by atoms with van der Waals surface area (Å²) in [5.74, 6) is -0.0288. The Balaban J connectivity index is 1.65. The molecule has 3 rings (SSSR count). The van der Waals surface area contributed by atoms with E-state index in [-0.39, 0.29) is 24.0 Å². The first-order valence-corrected chi connectivity index (χ1v) is 8.13. The topological polar surface area (TPSA) is 72.7 Å². The van der Waals surface area contributed by atoms with E-state index in [1.54, 1.807) is 29.2 Å². The summed E-state index contributed by atoms with van der Waals surface area (Å²) in [7, 11) is 0. The molecule has 0 aliphatic carbocycles. The molecule has 0 bridgehead atoms. The van der Waals surface area contributed by atoms with Gasteiger partial charge in [0.25, 0.3) is 5.91 Å². The molecule has 7 heteroatoms. The smallest absolute Gasteiger partial charge is 0.311 e. The zero-order chi connectivity index (χ0) is 16.4. The Morgan fingerprint density at radius 1 is 1.43 bits per heavy atom. The fourth-order valence-electron chi connectivity index (χ4n) is 2.58. The molecule has 0 N–H and O–H groups in total. The highest BCUT2D eigenvalue weighted by Crippen LogP contribution is 2.28. The zero-order valence-corrected chi connectivity index (χ0v) is 13.5. The first kappa shape index (κ1) is 15.5. The van der Waals surface area contributed by atoms with Crippen molar-refractivity contribution in [3.63, 3.8) is 0 Å². The van der Waals surface area contributed by atoms with Crippen LogP contribution >= 0.6 is 11.3 Å². The highest BCUT2D eigenvalue weighted by Gasteiger charge is 2.23. The van der Waals surface area contributed by atoms with Gasteiger partial charge in [-0.25, -0.2) is 0 Å². The van der Waals surface area contributed by atoms with Crippen LogP contribution in [0.5, 0.6) is 5.75 Å². The van der Waals surface area contributed by atoms with Gasteiger partial charge in [0.1, 0.15) is 0 Å². The molecule has 0 fully saturated rings. The molecule has 6 nitrogen and oxygen atoms in total. The lowest BCUT2D eigenvalue weighted by atomic mass is 10.1. The van der Waals surface area contributed by atoms with E-state index in [4.69, 9.17) is 4.74 Å². The maximum Gasteiger partial charge on any atom is 0.311 e. The van der Waals surface area contributed by atoms with Gasteiger partial charge in [-0.1, -0.05) is 6.07 Å². The molecule has 2 heterocycles. The van der Waals surface area contributed by atoms with Crippen molar-refractivity contribution in [1.29, 1.82) is 0 Å². The summed E-state index contributed by atoms with van der Waals surface area (Å²) < 4.78 is 5.41. The van der Waals surface area contributed by atoms with Crippen LogP contribution in [0.25, 0.3) is 0 Å². The van der Waals surface area contributed by atoms with Gasteiger partial charge < -0.3 is 9.64 Å². The minimum atomic E-state index is -0.495. The van der Waals surface area contributed by atoms with Gasteiger partial charge in [-0.15, -0.1) is 11.3 Å². The molecule has 0 spiro atoms. The number of carbonyl (C=O) groups is 1. The number of nitro benzene ring substituents is 1. The van der Waals surface area contributed by atoms with E-state index >= 15 is 0 Å². The van der Waals surface area contributed by atoms with Gasteiger partial charge in [-0.05, 0) is 42.0 Å². The van der Waals surface area contributed by atoms with Crippen molar-refractivity contribution in [3.8, 4) is 5.75 Å². The Kier molecular flexibility index (Phi) is 4.29. The first-order valence-electron chi connectivity index (χ1n) is 7.25. The molecule has 120 valence electrons. The molecule has 0 unspecified atom stereocenters. The maximum absolute atomic E-state index is 12.3. The van der Waals surface area contributed by atoms with Crippen molar-refractivity contribution in [1.82, 2.24) is 4.90 Å². The third-order valence-corrected chi connectivity index (χ3v) is 4.85. The number of fused-ring (bicyclic) bond motifs is 1. The minimum Gasteiger partial charge on any atom is -0.477 e. The number of amides is 1. The second-order valence-electron chi connectivity index (χ2n) is 5.45. The van der Waals surface area contributed by atoms with Crippen LogP contribution in [0.3, 0.4) is 0 Å². The molecular weight excluding hydrogens is 316 g/mol. The highest BCUT2D eigenvalue weighted by atomic mass is 32.1. The summed E-state index contributed by atoms with van der Waals surface area (Å²) in [5, 5.41) is 13.1. The predicted octanol–water partition coefficient (Wildman–Crippen LogP) is 2.93. The fourth-order valence-corrected chi connectivity index (χ4v) is 3.47. The Morgan fingerprint density at radius 2 is 2.26 bits per heavy atom. The van der Waals surface area contributed by atoms with Gasteiger partial charge in [0, 0.05) is 24.0 Å². The predicted molar refractivity (Wildman–Crippen MR) is 86.8 cm³/mol.